The van der Waals surface area contributed by atoms with Gasteiger partial charge in [-0.05, 0) is 50.5 Å². The molecule has 3 nitrogen and oxygen atoms in total. The monoisotopic (exact) mass is 219 g/mol. The third kappa shape index (κ3) is 2.46. The zero-order valence-corrected chi connectivity index (χ0v) is 9.97. The number of hydrogen-bond donors (Lipinski definition) is 1. The number of nitrogens with one attached hydrogen (secondary N) is 1. The van der Waals surface area contributed by atoms with E-state index in [9.17, 15) is 0 Å². The lowest BCUT2D eigenvalue weighted by atomic mass is 10.1. The fourth-order valence-corrected chi connectivity index (χ4v) is 2.64. The van der Waals surface area contributed by atoms with E-state index in [1.54, 1.807) is 0 Å². The summed E-state index contributed by atoms with van der Waals surface area (Å²) in [6.07, 6.45) is 9.68. The molecule has 0 aliphatic heterocycles. The largest absolute Gasteiger partial charge is 0.309 e. The van der Waals surface area contributed by atoms with Crippen LogP contribution in [0.25, 0.3) is 0 Å². The Labute approximate surface area is 97.2 Å². The quantitative estimate of drug-likeness (QED) is 0.793. The van der Waals surface area contributed by atoms with Crippen molar-refractivity contribution in [2.75, 3.05) is 0 Å². The van der Waals surface area contributed by atoms with E-state index in [2.05, 4.69) is 17.3 Å². The van der Waals surface area contributed by atoms with Gasteiger partial charge in [-0.3, -0.25) is 4.68 Å². The highest BCUT2D eigenvalue weighted by Crippen LogP contribution is 2.44. The van der Waals surface area contributed by atoms with Crippen molar-refractivity contribution in [3.63, 3.8) is 0 Å². The van der Waals surface area contributed by atoms with Crippen LogP contribution in [-0.4, -0.2) is 21.9 Å². The summed E-state index contributed by atoms with van der Waals surface area (Å²) in [5.41, 5.74) is 0. The molecule has 2 fully saturated rings. The van der Waals surface area contributed by atoms with Crippen molar-refractivity contribution in [3.05, 3.63) is 18.5 Å². The third-order valence-corrected chi connectivity index (χ3v) is 3.76. The molecule has 2 saturated carbocycles. The van der Waals surface area contributed by atoms with Crippen molar-refractivity contribution in [1.29, 1.82) is 0 Å². The highest BCUT2D eigenvalue weighted by Gasteiger charge is 2.41. The lowest BCUT2D eigenvalue weighted by Crippen LogP contribution is -2.41. The molecular formula is C13H21N3. The van der Waals surface area contributed by atoms with E-state index in [-0.39, 0.29) is 0 Å². The van der Waals surface area contributed by atoms with E-state index >= 15 is 0 Å². The molecule has 0 bridgehead atoms. The minimum absolute atomic E-state index is 0.533. The lowest BCUT2D eigenvalue weighted by molar-refractivity contribution is 0.343. The van der Waals surface area contributed by atoms with Crippen LogP contribution in [0.5, 0.6) is 0 Å². The topological polar surface area (TPSA) is 29.9 Å². The molecule has 1 heterocycles. The smallest absolute Gasteiger partial charge is 0.0560 e. The first-order valence-corrected chi connectivity index (χ1v) is 6.56. The average Bonchev–Trinajstić information content (AvgIpc) is 3.17. The van der Waals surface area contributed by atoms with E-state index in [0.717, 1.165) is 24.4 Å². The fourth-order valence-electron chi connectivity index (χ4n) is 2.64. The van der Waals surface area contributed by atoms with E-state index in [1.807, 2.05) is 23.1 Å². The zero-order valence-electron chi connectivity index (χ0n) is 9.97. The molecule has 1 aromatic heterocycles. The van der Waals surface area contributed by atoms with Gasteiger partial charge < -0.3 is 5.32 Å². The van der Waals surface area contributed by atoms with Crippen molar-refractivity contribution >= 4 is 0 Å². The molecule has 1 atom stereocenters. The van der Waals surface area contributed by atoms with Crippen molar-refractivity contribution in [2.24, 2.45) is 11.8 Å². The maximum Gasteiger partial charge on any atom is 0.0560 e. The van der Waals surface area contributed by atoms with Gasteiger partial charge in [0, 0.05) is 24.5 Å². The van der Waals surface area contributed by atoms with Gasteiger partial charge in [0.05, 0.1) is 6.54 Å². The zero-order chi connectivity index (χ0) is 11.0. The molecule has 3 heteroatoms. The highest BCUT2D eigenvalue weighted by atomic mass is 15.3. The van der Waals surface area contributed by atoms with Crippen molar-refractivity contribution in [3.8, 4) is 0 Å². The van der Waals surface area contributed by atoms with E-state index < -0.39 is 0 Å². The van der Waals surface area contributed by atoms with E-state index in [0.29, 0.717) is 6.04 Å². The number of hydrogen-bond acceptors (Lipinski definition) is 2. The minimum Gasteiger partial charge on any atom is -0.309 e. The normalized spacial score (nSPS) is 22.6. The second kappa shape index (κ2) is 4.21. The lowest BCUT2D eigenvalue weighted by Gasteiger charge is -2.23. The van der Waals surface area contributed by atoms with Gasteiger partial charge in [-0.2, -0.15) is 5.10 Å². The Kier molecular flexibility index (Phi) is 2.72. The Morgan fingerprint density at radius 2 is 2.00 bits per heavy atom. The van der Waals surface area contributed by atoms with Gasteiger partial charge in [-0.25, -0.2) is 0 Å². The SMILES string of the molecule is CC(Cn1cccn1)NC(C1CC1)C1CC1. The predicted molar refractivity (Wildman–Crippen MR) is 64.1 cm³/mol. The number of rotatable bonds is 6. The van der Waals surface area contributed by atoms with Gasteiger partial charge in [0.2, 0.25) is 0 Å². The van der Waals surface area contributed by atoms with E-state index in [4.69, 9.17) is 0 Å². The first-order valence-electron chi connectivity index (χ1n) is 6.56. The Morgan fingerprint density at radius 3 is 2.50 bits per heavy atom. The fraction of sp³-hybridized carbons (Fsp3) is 0.769. The van der Waals surface area contributed by atoms with Crippen LogP contribution in [-0.2, 0) is 6.54 Å². The molecule has 16 heavy (non-hydrogen) atoms. The van der Waals surface area contributed by atoms with Crippen LogP contribution < -0.4 is 5.32 Å². The second-order valence-electron chi connectivity index (χ2n) is 5.50. The summed E-state index contributed by atoms with van der Waals surface area (Å²) in [5, 5.41) is 8.08. The Morgan fingerprint density at radius 1 is 1.31 bits per heavy atom. The molecule has 0 aromatic carbocycles. The maximum absolute atomic E-state index is 4.26. The number of aromatic nitrogens is 2. The van der Waals surface area contributed by atoms with Gasteiger partial charge in [-0.1, -0.05) is 0 Å². The first-order chi connectivity index (χ1) is 7.83. The van der Waals surface area contributed by atoms with Crippen molar-refractivity contribution < 1.29 is 0 Å². The summed E-state index contributed by atoms with van der Waals surface area (Å²) in [6, 6.07) is 3.32. The third-order valence-electron chi connectivity index (χ3n) is 3.76. The van der Waals surface area contributed by atoms with Gasteiger partial charge in [0.15, 0.2) is 0 Å². The summed E-state index contributed by atoms with van der Waals surface area (Å²) in [7, 11) is 0. The molecule has 0 amide bonds. The summed E-state index contributed by atoms with van der Waals surface area (Å²) >= 11 is 0. The average molecular weight is 219 g/mol. The summed E-state index contributed by atoms with van der Waals surface area (Å²) in [5.74, 6) is 1.96. The van der Waals surface area contributed by atoms with Crippen LogP contribution in [0.1, 0.15) is 32.6 Å². The van der Waals surface area contributed by atoms with Crippen LogP contribution in [0.2, 0.25) is 0 Å². The Hall–Kier alpha value is -0.830. The standard InChI is InChI=1S/C13H21N3/c1-10(9-16-8-2-7-14-16)15-13(11-3-4-11)12-5-6-12/h2,7-8,10-13,15H,3-6,9H2,1H3. The van der Waals surface area contributed by atoms with Crippen LogP contribution in [0.15, 0.2) is 18.5 Å². The number of nitrogens with zero attached hydrogens (tertiary/aromatic N) is 2. The van der Waals surface area contributed by atoms with Crippen molar-refractivity contribution in [2.45, 2.75) is 51.2 Å². The molecule has 88 valence electrons. The molecule has 2 aliphatic carbocycles. The summed E-state index contributed by atoms with van der Waals surface area (Å²) in [4.78, 5) is 0. The van der Waals surface area contributed by atoms with Gasteiger partial charge in [-0.15, -0.1) is 0 Å². The van der Waals surface area contributed by atoms with Crippen LogP contribution in [0.3, 0.4) is 0 Å². The molecule has 1 N–H and O–H groups in total. The molecule has 1 unspecified atom stereocenters. The van der Waals surface area contributed by atoms with E-state index in [1.165, 1.54) is 25.7 Å². The molecule has 0 spiro atoms. The predicted octanol–water partition coefficient (Wildman–Crippen LogP) is 2.05. The Bertz CT molecular complexity index is 313. The summed E-state index contributed by atoms with van der Waals surface area (Å²) in [6.45, 7) is 3.27. The molecular weight excluding hydrogens is 198 g/mol. The van der Waals surface area contributed by atoms with Gasteiger partial charge in [0.25, 0.3) is 0 Å². The highest BCUT2D eigenvalue weighted by molar-refractivity contribution is 4.97. The van der Waals surface area contributed by atoms with Crippen LogP contribution >= 0.6 is 0 Å². The first kappa shape index (κ1) is 10.3. The van der Waals surface area contributed by atoms with Gasteiger partial charge >= 0.3 is 0 Å². The Balaban J connectivity index is 1.52. The van der Waals surface area contributed by atoms with Crippen molar-refractivity contribution in [1.82, 2.24) is 15.1 Å². The molecule has 1 aromatic rings. The molecule has 0 radical (unpaired) electrons. The van der Waals surface area contributed by atoms with Gasteiger partial charge in [0.1, 0.15) is 0 Å². The summed E-state index contributed by atoms with van der Waals surface area (Å²) < 4.78 is 2.02. The maximum atomic E-state index is 4.26. The minimum atomic E-state index is 0.533. The van der Waals surface area contributed by atoms with Crippen LogP contribution in [0, 0.1) is 11.8 Å². The second-order valence-corrected chi connectivity index (χ2v) is 5.50. The molecule has 3 rings (SSSR count). The molecule has 2 aliphatic rings. The van der Waals surface area contributed by atoms with Crippen LogP contribution in [0.4, 0.5) is 0 Å². The molecule has 0 saturated heterocycles.